The van der Waals surface area contributed by atoms with Gasteiger partial charge in [0.15, 0.2) is 0 Å². The van der Waals surface area contributed by atoms with E-state index in [2.05, 4.69) is 10.2 Å². The fourth-order valence-electron chi connectivity index (χ4n) is 2.50. The Balaban J connectivity index is 1.72. The van der Waals surface area contributed by atoms with E-state index in [1.165, 1.54) is 0 Å². The second kappa shape index (κ2) is 6.33. The highest BCUT2D eigenvalue weighted by molar-refractivity contribution is 7.85. The van der Waals surface area contributed by atoms with Crippen LogP contribution in [0.5, 0.6) is 0 Å². The summed E-state index contributed by atoms with van der Waals surface area (Å²) in [6, 6.07) is 0.481. The zero-order valence-electron chi connectivity index (χ0n) is 11.7. The largest absolute Gasteiger partial charge is 0.368 e. The van der Waals surface area contributed by atoms with Gasteiger partial charge in [-0.1, -0.05) is 0 Å². The van der Waals surface area contributed by atoms with E-state index >= 15 is 0 Å². The molecule has 1 heterocycles. The standard InChI is InChI=1S/C13H25N3O2S/c1-13(12(14)17,15-11-3-4-11)5-2-6-16-7-9-19(18)10-8-16/h11,15H,2-10H2,1H3,(H2,14,17). The number of amides is 1. The molecule has 0 aromatic carbocycles. The molecule has 1 aliphatic heterocycles. The highest BCUT2D eigenvalue weighted by atomic mass is 32.2. The molecular formula is C13H25N3O2S. The summed E-state index contributed by atoms with van der Waals surface area (Å²) in [6.07, 6.45) is 4.03. The molecule has 0 radical (unpaired) electrons. The summed E-state index contributed by atoms with van der Waals surface area (Å²) < 4.78 is 11.3. The average Bonchev–Trinajstić information content (AvgIpc) is 3.15. The molecule has 2 fully saturated rings. The minimum absolute atomic E-state index is 0.251. The number of nitrogens with zero attached hydrogens (tertiary/aromatic N) is 1. The molecule has 1 saturated heterocycles. The lowest BCUT2D eigenvalue weighted by Crippen LogP contribution is -2.54. The van der Waals surface area contributed by atoms with E-state index in [0.29, 0.717) is 6.04 Å². The molecule has 2 rings (SSSR count). The molecule has 5 nitrogen and oxygen atoms in total. The van der Waals surface area contributed by atoms with Gasteiger partial charge in [0, 0.05) is 41.4 Å². The molecule has 1 saturated carbocycles. The minimum Gasteiger partial charge on any atom is -0.368 e. The predicted octanol–water partition coefficient (Wildman–Crippen LogP) is -0.173. The van der Waals surface area contributed by atoms with Crippen LogP contribution < -0.4 is 11.1 Å². The van der Waals surface area contributed by atoms with Gasteiger partial charge in [0.05, 0.1) is 5.54 Å². The fraction of sp³-hybridized carbons (Fsp3) is 0.923. The SMILES string of the molecule is CC(CCCN1CCS(=O)CC1)(NC1CC1)C(N)=O. The smallest absolute Gasteiger partial charge is 0.237 e. The van der Waals surface area contributed by atoms with Crippen molar-refractivity contribution in [1.29, 1.82) is 0 Å². The molecule has 110 valence electrons. The first-order chi connectivity index (χ1) is 8.99. The molecule has 1 unspecified atom stereocenters. The molecule has 0 aromatic heterocycles. The van der Waals surface area contributed by atoms with Crippen molar-refractivity contribution in [2.75, 3.05) is 31.1 Å². The quantitative estimate of drug-likeness (QED) is 0.681. The van der Waals surface area contributed by atoms with Gasteiger partial charge in [0.2, 0.25) is 5.91 Å². The Kier molecular flexibility index (Phi) is 4.97. The zero-order chi connectivity index (χ0) is 13.9. The van der Waals surface area contributed by atoms with Crippen LogP contribution in [0.3, 0.4) is 0 Å². The molecule has 0 bridgehead atoms. The van der Waals surface area contributed by atoms with E-state index in [9.17, 15) is 9.00 Å². The van der Waals surface area contributed by atoms with E-state index in [-0.39, 0.29) is 5.91 Å². The Hall–Kier alpha value is -0.460. The van der Waals surface area contributed by atoms with Gasteiger partial charge in [-0.15, -0.1) is 0 Å². The molecule has 0 aromatic rings. The normalized spacial score (nSPS) is 25.1. The number of carbonyl (C=O) groups is 1. The molecule has 1 aliphatic carbocycles. The third kappa shape index (κ3) is 4.54. The lowest BCUT2D eigenvalue weighted by molar-refractivity contribution is -0.124. The number of primary amides is 1. The Morgan fingerprint density at radius 3 is 2.58 bits per heavy atom. The third-order valence-electron chi connectivity index (χ3n) is 4.07. The van der Waals surface area contributed by atoms with Gasteiger partial charge < -0.3 is 16.0 Å². The van der Waals surface area contributed by atoms with Crippen molar-refractivity contribution >= 4 is 16.7 Å². The summed E-state index contributed by atoms with van der Waals surface area (Å²) >= 11 is 0. The Morgan fingerprint density at radius 1 is 1.42 bits per heavy atom. The molecule has 1 atom stereocenters. The van der Waals surface area contributed by atoms with Gasteiger partial charge in [-0.05, 0) is 39.2 Å². The van der Waals surface area contributed by atoms with Crippen LogP contribution in [-0.2, 0) is 15.6 Å². The monoisotopic (exact) mass is 287 g/mol. The van der Waals surface area contributed by atoms with Crippen molar-refractivity contribution in [2.24, 2.45) is 5.73 Å². The number of carbonyl (C=O) groups excluding carboxylic acids is 1. The molecule has 19 heavy (non-hydrogen) atoms. The number of rotatable bonds is 7. The summed E-state index contributed by atoms with van der Waals surface area (Å²) in [6.45, 7) is 4.71. The lowest BCUT2D eigenvalue weighted by atomic mass is 9.94. The van der Waals surface area contributed by atoms with Crippen molar-refractivity contribution in [3.05, 3.63) is 0 Å². The first kappa shape index (κ1) is 14.9. The van der Waals surface area contributed by atoms with Crippen LogP contribution in [0.25, 0.3) is 0 Å². The lowest BCUT2D eigenvalue weighted by Gasteiger charge is -2.30. The van der Waals surface area contributed by atoms with Gasteiger partial charge in [-0.3, -0.25) is 9.00 Å². The van der Waals surface area contributed by atoms with E-state index in [0.717, 1.165) is 56.8 Å². The van der Waals surface area contributed by atoms with Crippen LogP contribution in [0.15, 0.2) is 0 Å². The van der Waals surface area contributed by atoms with Gasteiger partial charge in [0.1, 0.15) is 0 Å². The molecule has 6 heteroatoms. The van der Waals surface area contributed by atoms with Crippen LogP contribution in [-0.4, -0.2) is 57.7 Å². The molecule has 2 aliphatic rings. The number of nitrogens with two attached hydrogens (primary N) is 1. The summed E-state index contributed by atoms with van der Waals surface area (Å²) in [5.41, 5.74) is 4.96. The summed E-state index contributed by atoms with van der Waals surface area (Å²) in [5, 5.41) is 3.37. The zero-order valence-corrected chi connectivity index (χ0v) is 12.5. The van der Waals surface area contributed by atoms with E-state index in [1.807, 2.05) is 6.92 Å². The maximum absolute atomic E-state index is 11.6. The highest BCUT2D eigenvalue weighted by Crippen LogP contribution is 2.24. The van der Waals surface area contributed by atoms with Gasteiger partial charge in [0.25, 0.3) is 0 Å². The number of hydrogen-bond acceptors (Lipinski definition) is 4. The van der Waals surface area contributed by atoms with Crippen molar-refractivity contribution in [3.63, 3.8) is 0 Å². The van der Waals surface area contributed by atoms with Crippen LogP contribution >= 0.6 is 0 Å². The number of nitrogens with one attached hydrogen (secondary N) is 1. The van der Waals surface area contributed by atoms with Crippen molar-refractivity contribution < 1.29 is 9.00 Å². The second-order valence-corrected chi connectivity index (χ2v) is 7.60. The van der Waals surface area contributed by atoms with Crippen molar-refractivity contribution in [1.82, 2.24) is 10.2 Å². The molecule has 1 amide bonds. The third-order valence-corrected chi connectivity index (χ3v) is 5.34. The predicted molar refractivity (Wildman–Crippen MR) is 77.3 cm³/mol. The first-order valence-corrected chi connectivity index (χ1v) is 8.63. The Bertz CT molecular complexity index is 350. The fourth-order valence-corrected chi connectivity index (χ4v) is 3.63. The Labute approximate surface area is 117 Å². The minimum atomic E-state index is -0.619. The van der Waals surface area contributed by atoms with Crippen LogP contribution in [0, 0.1) is 0 Å². The average molecular weight is 287 g/mol. The Morgan fingerprint density at radius 2 is 2.05 bits per heavy atom. The van der Waals surface area contributed by atoms with Crippen molar-refractivity contribution in [2.45, 2.75) is 44.2 Å². The van der Waals surface area contributed by atoms with Crippen LogP contribution in [0.1, 0.15) is 32.6 Å². The second-order valence-electron chi connectivity index (χ2n) is 5.91. The van der Waals surface area contributed by atoms with Gasteiger partial charge >= 0.3 is 0 Å². The summed E-state index contributed by atoms with van der Waals surface area (Å²) in [7, 11) is -0.619. The molecule has 3 N–H and O–H groups in total. The topological polar surface area (TPSA) is 75.4 Å². The van der Waals surface area contributed by atoms with E-state index < -0.39 is 16.3 Å². The molecule has 0 spiro atoms. The van der Waals surface area contributed by atoms with Crippen molar-refractivity contribution in [3.8, 4) is 0 Å². The number of hydrogen-bond donors (Lipinski definition) is 2. The van der Waals surface area contributed by atoms with Crippen LogP contribution in [0.2, 0.25) is 0 Å². The van der Waals surface area contributed by atoms with Gasteiger partial charge in [-0.25, -0.2) is 0 Å². The maximum Gasteiger partial charge on any atom is 0.237 e. The summed E-state index contributed by atoms with van der Waals surface area (Å²) in [4.78, 5) is 13.9. The van der Waals surface area contributed by atoms with E-state index in [1.54, 1.807) is 0 Å². The first-order valence-electron chi connectivity index (χ1n) is 7.14. The van der Waals surface area contributed by atoms with E-state index in [4.69, 9.17) is 5.73 Å². The highest BCUT2D eigenvalue weighted by Gasteiger charge is 2.36. The van der Waals surface area contributed by atoms with Crippen LogP contribution in [0.4, 0.5) is 0 Å². The van der Waals surface area contributed by atoms with Gasteiger partial charge in [-0.2, -0.15) is 0 Å². The maximum atomic E-state index is 11.6. The summed E-state index contributed by atoms with van der Waals surface area (Å²) in [5.74, 6) is 1.32. The molecular weight excluding hydrogens is 262 g/mol.